The minimum atomic E-state index is 0.371. The van der Waals surface area contributed by atoms with Crippen molar-refractivity contribution in [2.24, 2.45) is 5.92 Å². The summed E-state index contributed by atoms with van der Waals surface area (Å²) in [5.41, 5.74) is 1.23. The van der Waals surface area contributed by atoms with Crippen LogP contribution in [0, 0.1) is 5.92 Å². The quantitative estimate of drug-likeness (QED) is 0.838. The summed E-state index contributed by atoms with van der Waals surface area (Å²) in [6, 6.07) is 6.49. The molecule has 1 atom stereocenters. The zero-order valence-electron chi connectivity index (χ0n) is 11.5. The summed E-state index contributed by atoms with van der Waals surface area (Å²) in [6.45, 7) is 5.95. The summed E-state index contributed by atoms with van der Waals surface area (Å²) in [5.74, 6) is 1.41. The van der Waals surface area contributed by atoms with Gasteiger partial charge in [-0.25, -0.2) is 0 Å². The van der Waals surface area contributed by atoms with Gasteiger partial charge in [0.2, 0.25) is 0 Å². The van der Waals surface area contributed by atoms with Crippen molar-refractivity contribution in [3.63, 3.8) is 0 Å². The van der Waals surface area contributed by atoms with E-state index in [4.69, 9.17) is 9.47 Å². The van der Waals surface area contributed by atoms with Crippen molar-refractivity contribution in [1.29, 1.82) is 0 Å². The molecule has 0 heterocycles. The summed E-state index contributed by atoms with van der Waals surface area (Å²) in [7, 11) is 3.41. The zero-order chi connectivity index (χ0) is 13.5. The summed E-state index contributed by atoms with van der Waals surface area (Å²) in [5, 5.41) is 3.51. The number of halogens is 1. The van der Waals surface area contributed by atoms with Crippen molar-refractivity contribution in [1.82, 2.24) is 5.32 Å². The highest BCUT2D eigenvalue weighted by Crippen LogP contribution is 2.25. The Kier molecular flexibility index (Phi) is 6.68. The SMILES string of the molecule is COCC(NCc1ccc(OC)c(Br)c1)C(C)C. The van der Waals surface area contributed by atoms with E-state index in [9.17, 15) is 0 Å². The number of hydrogen-bond acceptors (Lipinski definition) is 3. The van der Waals surface area contributed by atoms with Crippen LogP contribution >= 0.6 is 15.9 Å². The first-order valence-corrected chi connectivity index (χ1v) is 6.92. The van der Waals surface area contributed by atoms with Crippen LogP contribution in [0.1, 0.15) is 19.4 Å². The molecular weight excluding hydrogens is 294 g/mol. The lowest BCUT2D eigenvalue weighted by Gasteiger charge is -2.21. The molecule has 1 rings (SSSR count). The van der Waals surface area contributed by atoms with E-state index < -0.39 is 0 Å². The van der Waals surface area contributed by atoms with Crippen molar-refractivity contribution >= 4 is 15.9 Å². The molecule has 0 fully saturated rings. The highest BCUT2D eigenvalue weighted by atomic mass is 79.9. The van der Waals surface area contributed by atoms with E-state index in [0.717, 1.165) is 23.4 Å². The molecule has 0 amide bonds. The van der Waals surface area contributed by atoms with Gasteiger partial charge in [-0.05, 0) is 39.5 Å². The van der Waals surface area contributed by atoms with Crippen LogP contribution in [0.2, 0.25) is 0 Å². The molecule has 0 saturated carbocycles. The first kappa shape index (κ1) is 15.5. The maximum absolute atomic E-state index is 5.22. The van der Waals surface area contributed by atoms with E-state index in [0.29, 0.717) is 12.0 Å². The number of nitrogens with one attached hydrogen (secondary N) is 1. The fourth-order valence-corrected chi connectivity index (χ4v) is 2.32. The first-order chi connectivity index (χ1) is 8.58. The van der Waals surface area contributed by atoms with E-state index in [1.54, 1.807) is 14.2 Å². The van der Waals surface area contributed by atoms with Crippen LogP contribution in [0.25, 0.3) is 0 Å². The zero-order valence-corrected chi connectivity index (χ0v) is 13.1. The van der Waals surface area contributed by atoms with Gasteiger partial charge in [0.25, 0.3) is 0 Å². The standard InChI is InChI=1S/C14H22BrNO2/c1-10(2)13(9-17-3)16-8-11-5-6-14(18-4)12(15)7-11/h5-7,10,13,16H,8-9H2,1-4H3. The molecule has 1 aromatic rings. The molecule has 1 unspecified atom stereocenters. The number of hydrogen-bond donors (Lipinski definition) is 1. The van der Waals surface area contributed by atoms with Gasteiger partial charge in [-0.1, -0.05) is 19.9 Å². The van der Waals surface area contributed by atoms with Crippen molar-refractivity contribution in [3.8, 4) is 5.75 Å². The molecule has 0 aliphatic rings. The second-order valence-corrected chi connectivity index (χ2v) is 5.51. The largest absolute Gasteiger partial charge is 0.496 e. The fraction of sp³-hybridized carbons (Fsp3) is 0.571. The average molecular weight is 316 g/mol. The van der Waals surface area contributed by atoms with Gasteiger partial charge in [-0.2, -0.15) is 0 Å². The van der Waals surface area contributed by atoms with E-state index >= 15 is 0 Å². The Balaban J connectivity index is 2.59. The van der Waals surface area contributed by atoms with E-state index in [2.05, 4.69) is 47.2 Å². The average Bonchev–Trinajstić information content (AvgIpc) is 2.34. The van der Waals surface area contributed by atoms with Crippen LogP contribution in [0.5, 0.6) is 5.75 Å². The number of ether oxygens (including phenoxy) is 2. The molecule has 18 heavy (non-hydrogen) atoms. The van der Waals surface area contributed by atoms with E-state index in [1.165, 1.54) is 5.56 Å². The van der Waals surface area contributed by atoms with Gasteiger partial charge in [-0.3, -0.25) is 0 Å². The Morgan fingerprint density at radius 1 is 1.28 bits per heavy atom. The van der Waals surface area contributed by atoms with Gasteiger partial charge in [0.15, 0.2) is 0 Å². The molecular formula is C14H22BrNO2. The van der Waals surface area contributed by atoms with Gasteiger partial charge in [0.1, 0.15) is 5.75 Å². The Bertz CT molecular complexity index is 369. The molecule has 102 valence electrons. The minimum absolute atomic E-state index is 0.371. The number of methoxy groups -OCH3 is 2. The van der Waals surface area contributed by atoms with Crippen LogP contribution in [0.4, 0.5) is 0 Å². The number of benzene rings is 1. The molecule has 0 spiro atoms. The third-order valence-corrected chi connectivity index (χ3v) is 3.56. The molecule has 0 aliphatic carbocycles. The predicted octanol–water partition coefficient (Wildman–Crippen LogP) is 3.22. The molecule has 3 nitrogen and oxygen atoms in total. The van der Waals surface area contributed by atoms with Crippen LogP contribution < -0.4 is 10.1 Å². The molecule has 0 bridgehead atoms. The molecule has 1 aromatic carbocycles. The summed E-state index contributed by atoms with van der Waals surface area (Å²) in [4.78, 5) is 0. The maximum Gasteiger partial charge on any atom is 0.133 e. The second-order valence-electron chi connectivity index (χ2n) is 4.66. The summed E-state index contributed by atoms with van der Waals surface area (Å²) in [6.07, 6.45) is 0. The lowest BCUT2D eigenvalue weighted by molar-refractivity contribution is 0.146. The van der Waals surface area contributed by atoms with Crippen molar-refractivity contribution in [2.45, 2.75) is 26.4 Å². The minimum Gasteiger partial charge on any atom is -0.496 e. The molecule has 0 aliphatic heterocycles. The van der Waals surface area contributed by atoms with Crippen LogP contribution in [0.3, 0.4) is 0 Å². The highest BCUT2D eigenvalue weighted by Gasteiger charge is 2.12. The molecule has 4 heteroatoms. The smallest absolute Gasteiger partial charge is 0.133 e. The summed E-state index contributed by atoms with van der Waals surface area (Å²) >= 11 is 3.50. The lowest BCUT2D eigenvalue weighted by atomic mass is 10.0. The van der Waals surface area contributed by atoms with E-state index in [-0.39, 0.29) is 0 Å². The Morgan fingerprint density at radius 3 is 2.50 bits per heavy atom. The molecule has 0 saturated heterocycles. The van der Waals surface area contributed by atoms with E-state index in [1.807, 2.05) is 6.07 Å². The lowest BCUT2D eigenvalue weighted by Crippen LogP contribution is -2.37. The maximum atomic E-state index is 5.22. The third-order valence-electron chi connectivity index (χ3n) is 2.94. The predicted molar refractivity (Wildman–Crippen MR) is 78.0 cm³/mol. The normalized spacial score (nSPS) is 12.8. The van der Waals surface area contributed by atoms with Crippen LogP contribution in [-0.2, 0) is 11.3 Å². The number of rotatable bonds is 7. The molecule has 0 radical (unpaired) electrons. The Labute approximate surface area is 118 Å². The van der Waals surface area contributed by atoms with Gasteiger partial charge in [-0.15, -0.1) is 0 Å². The van der Waals surface area contributed by atoms with Crippen LogP contribution in [0.15, 0.2) is 22.7 Å². The topological polar surface area (TPSA) is 30.5 Å². The monoisotopic (exact) mass is 315 g/mol. The first-order valence-electron chi connectivity index (χ1n) is 6.13. The van der Waals surface area contributed by atoms with Gasteiger partial charge in [0.05, 0.1) is 18.2 Å². The Hall–Kier alpha value is -0.580. The van der Waals surface area contributed by atoms with Crippen molar-refractivity contribution in [2.75, 3.05) is 20.8 Å². The third kappa shape index (κ3) is 4.59. The van der Waals surface area contributed by atoms with Gasteiger partial charge in [0, 0.05) is 19.7 Å². The highest BCUT2D eigenvalue weighted by molar-refractivity contribution is 9.10. The molecule has 1 N–H and O–H groups in total. The van der Waals surface area contributed by atoms with Crippen molar-refractivity contribution < 1.29 is 9.47 Å². The van der Waals surface area contributed by atoms with Crippen molar-refractivity contribution in [3.05, 3.63) is 28.2 Å². The second kappa shape index (κ2) is 7.77. The van der Waals surface area contributed by atoms with Crippen LogP contribution in [-0.4, -0.2) is 26.9 Å². The Morgan fingerprint density at radius 2 is 2.00 bits per heavy atom. The van der Waals surface area contributed by atoms with Gasteiger partial charge >= 0.3 is 0 Å². The molecule has 0 aromatic heterocycles. The summed E-state index contributed by atoms with van der Waals surface area (Å²) < 4.78 is 11.4. The van der Waals surface area contributed by atoms with Gasteiger partial charge < -0.3 is 14.8 Å². The fourth-order valence-electron chi connectivity index (χ4n) is 1.74.